The third-order valence-electron chi connectivity index (χ3n) is 3.92. The van der Waals surface area contributed by atoms with Crippen LogP contribution in [0.4, 0.5) is 17.8 Å². The van der Waals surface area contributed by atoms with Crippen molar-refractivity contribution in [1.29, 1.82) is 0 Å². The molecule has 2 saturated heterocycles. The Balaban J connectivity index is 1.70. The highest BCUT2D eigenvalue weighted by molar-refractivity contribution is 7.91. The van der Waals surface area contributed by atoms with Crippen LogP contribution in [0.15, 0.2) is 0 Å². The summed E-state index contributed by atoms with van der Waals surface area (Å²) in [5, 5.41) is 3.19. The molecule has 0 amide bonds. The van der Waals surface area contributed by atoms with Crippen LogP contribution in [0.25, 0.3) is 0 Å². The fraction of sp³-hybridized carbons (Fsp3) is 0.750. The Bertz CT molecular complexity index is 600. The fourth-order valence-electron chi connectivity index (χ4n) is 2.72. The van der Waals surface area contributed by atoms with Gasteiger partial charge in [-0.05, 0) is 25.7 Å². The Morgan fingerprint density at radius 3 is 2.43 bits per heavy atom. The van der Waals surface area contributed by atoms with Crippen LogP contribution in [0.1, 0.15) is 25.7 Å². The molecule has 0 saturated carbocycles. The standard InChI is InChI=1S/C12H20N6O2S/c13-10-15-11(14-9-3-7-21(19,20)8-4-9)17-12(16-10)18-5-1-2-6-18/h9H,1-8H2,(H3,13,14,15,16,17). The first-order valence-electron chi connectivity index (χ1n) is 7.25. The van der Waals surface area contributed by atoms with Gasteiger partial charge in [0.05, 0.1) is 11.5 Å². The first kappa shape index (κ1) is 14.3. The molecule has 0 aromatic carbocycles. The molecule has 0 atom stereocenters. The third kappa shape index (κ3) is 3.52. The quantitative estimate of drug-likeness (QED) is 0.804. The number of nitrogen functional groups attached to an aromatic ring is 1. The minimum Gasteiger partial charge on any atom is -0.368 e. The molecule has 3 N–H and O–H groups in total. The van der Waals surface area contributed by atoms with E-state index >= 15 is 0 Å². The zero-order valence-electron chi connectivity index (χ0n) is 11.8. The number of hydrogen-bond acceptors (Lipinski definition) is 8. The van der Waals surface area contributed by atoms with Crippen molar-refractivity contribution in [3.05, 3.63) is 0 Å². The SMILES string of the molecule is Nc1nc(NC2CCS(=O)(=O)CC2)nc(N2CCCC2)n1. The molecule has 0 unspecified atom stereocenters. The van der Waals surface area contributed by atoms with E-state index in [9.17, 15) is 8.42 Å². The van der Waals surface area contributed by atoms with Crippen molar-refractivity contribution in [2.45, 2.75) is 31.7 Å². The van der Waals surface area contributed by atoms with Gasteiger partial charge in [0, 0.05) is 19.1 Å². The zero-order chi connectivity index (χ0) is 14.9. The first-order chi connectivity index (χ1) is 10.0. The Kier molecular flexibility index (Phi) is 3.83. The Hall–Kier alpha value is -1.64. The van der Waals surface area contributed by atoms with Gasteiger partial charge in [-0.1, -0.05) is 0 Å². The van der Waals surface area contributed by atoms with Crippen molar-refractivity contribution in [2.24, 2.45) is 0 Å². The largest absolute Gasteiger partial charge is 0.368 e. The second-order valence-corrected chi connectivity index (χ2v) is 7.89. The van der Waals surface area contributed by atoms with Crippen LogP contribution < -0.4 is 16.0 Å². The maximum Gasteiger partial charge on any atom is 0.231 e. The van der Waals surface area contributed by atoms with Gasteiger partial charge < -0.3 is 16.0 Å². The van der Waals surface area contributed by atoms with Gasteiger partial charge in [0.15, 0.2) is 0 Å². The van der Waals surface area contributed by atoms with E-state index in [2.05, 4.69) is 25.2 Å². The summed E-state index contributed by atoms with van der Waals surface area (Å²) in [6.07, 6.45) is 3.42. The third-order valence-corrected chi connectivity index (χ3v) is 5.63. The Morgan fingerprint density at radius 1 is 1.10 bits per heavy atom. The predicted octanol–water partition coefficient (Wildman–Crippen LogP) is 0.0431. The van der Waals surface area contributed by atoms with Crippen LogP contribution in [-0.2, 0) is 9.84 Å². The molecule has 2 fully saturated rings. The average molecular weight is 312 g/mol. The van der Waals surface area contributed by atoms with Crippen LogP contribution in [0, 0.1) is 0 Å². The van der Waals surface area contributed by atoms with Crippen LogP contribution in [0.3, 0.4) is 0 Å². The molecular weight excluding hydrogens is 292 g/mol. The van der Waals surface area contributed by atoms with Crippen molar-refractivity contribution in [3.8, 4) is 0 Å². The van der Waals surface area contributed by atoms with Crippen LogP contribution in [0.2, 0.25) is 0 Å². The molecule has 9 heteroatoms. The summed E-state index contributed by atoms with van der Waals surface area (Å²) >= 11 is 0. The summed E-state index contributed by atoms with van der Waals surface area (Å²) in [6.45, 7) is 1.87. The first-order valence-corrected chi connectivity index (χ1v) is 9.07. The van der Waals surface area contributed by atoms with Crippen LogP contribution >= 0.6 is 0 Å². The summed E-state index contributed by atoms with van der Waals surface area (Å²) < 4.78 is 22.9. The van der Waals surface area contributed by atoms with E-state index in [0.717, 1.165) is 25.9 Å². The highest BCUT2D eigenvalue weighted by Crippen LogP contribution is 2.20. The van der Waals surface area contributed by atoms with Crippen molar-refractivity contribution < 1.29 is 8.42 Å². The van der Waals surface area contributed by atoms with Crippen molar-refractivity contribution >= 4 is 27.7 Å². The molecule has 1 aromatic rings. The van der Waals surface area contributed by atoms with E-state index in [-0.39, 0.29) is 23.5 Å². The highest BCUT2D eigenvalue weighted by Gasteiger charge is 2.24. The lowest BCUT2D eigenvalue weighted by Crippen LogP contribution is -2.33. The van der Waals surface area contributed by atoms with E-state index in [0.29, 0.717) is 24.7 Å². The molecule has 2 aliphatic rings. The molecule has 21 heavy (non-hydrogen) atoms. The number of sulfone groups is 1. The lowest BCUT2D eigenvalue weighted by Gasteiger charge is -2.23. The van der Waals surface area contributed by atoms with Gasteiger partial charge in [-0.15, -0.1) is 0 Å². The molecule has 116 valence electrons. The average Bonchev–Trinajstić information content (AvgIpc) is 2.95. The van der Waals surface area contributed by atoms with Crippen molar-refractivity contribution in [3.63, 3.8) is 0 Å². The molecular formula is C12H20N6O2S. The van der Waals surface area contributed by atoms with Gasteiger partial charge in [0.1, 0.15) is 9.84 Å². The summed E-state index contributed by atoms with van der Waals surface area (Å²) in [5.74, 6) is 1.66. The Labute approximate surface area is 124 Å². The van der Waals surface area contributed by atoms with E-state index in [1.165, 1.54) is 0 Å². The molecule has 0 bridgehead atoms. The number of nitrogens with one attached hydrogen (secondary N) is 1. The van der Waals surface area contributed by atoms with Gasteiger partial charge in [-0.3, -0.25) is 0 Å². The molecule has 3 heterocycles. The minimum absolute atomic E-state index is 0.0711. The number of rotatable bonds is 3. The minimum atomic E-state index is -2.86. The molecule has 0 aliphatic carbocycles. The number of anilines is 3. The molecule has 1 aromatic heterocycles. The van der Waals surface area contributed by atoms with Gasteiger partial charge in [-0.2, -0.15) is 15.0 Å². The van der Waals surface area contributed by atoms with Crippen LogP contribution in [0.5, 0.6) is 0 Å². The molecule has 2 aliphatic heterocycles. The topological polar surface area (TPSA) is 114 Å². The number of nitrogens with two attached hydrogens (primary N) is 1. The van der Waals surface area contributed by atoms with E-state index in [1.807, 2.05) is 0 Å². The summed E-state index contributed by atoms with van der Waals surface area (Å²) in [6, 6.07) is 0.0711. The van der Waals surface area contributed by atoms with Gasteiger partial charge >= 0.3 is 0 Å². The number of hydrogen-bond donors (Lipinski definition) is 2. The Morgan fingerprint density at radius 2 is 1.76 bits per heavy atom. The molecule has 0 spiro atoms. The van der Waals surface area contributed by atoms with E-state index in [1.54, 1.807) is 0 Å². The summed E-state index contributed by atoms with van der Waals surface area (Å²) in [5.41, 5.74) is 5.75. The second-order valence-electron chi connectivity index (χ2n) is 5.58. The van der Waals surface area contributed by atoms with Gasteiger partial charge in [0.2, 0.25) is 17.8 Å². The molecule has 0 radical (unpaired) electrons. The monoisotopic (exact) mass is 312 g/mol. The number of aromatic nitrogens is 3. The van der Waals surface area contributed by atoms with Crippen LogP contribution in [-0.4, -0.2) is 54.0 Å². The smallest absolute Gasteiger partial charge is 0.231 e. The highest BCUT2D eigenvalue weighted by atomic mass is 32.2. The number of nitrogens with zero attached hydrogens (tertiary/aromatic N) is 4. The maximum absolute atomic E-state index is 11.4. The predicted molar refractivity (Wildman–Crippen MR) is 81.0 cm³/mol. The lowest BCUT2D eigenvalue weighted by atomic mass is 10.2. The molecule has 3 rings (SSSR count). The van der Waals surface area contributed by atoms with Crippen molar-refractivity contribution in [2.75, 3.05) is 40.5 Å². The maximum atomic E-state index is 11.4. The molecule has 8 nitrogen and oxygen atoms in total. The van der Waals surface area contributed by atoms with E-state index in [4.69, 9.17) is 5.73 Å². The second kappa shape index (κ2) is 5.63. The normalized spacial score (nSPS) is 22.4. The van der Waals surface area contributed by atoms with Crippen molar-refractivity contribution in [1.82, 2.24) is 15.0 Å². The van der Waals surface area contributed by atoms with Gasteiger partial charge in [-0.25, -0.2) is 8.42 Å². The summed E-state index contributed by atoms with van der Waals surface area (Å²) in [4.78, 5) is 14.8. The van der Waals surface area contributed by atoms with E-state index < -0.39 is 9.84 Å². The van der Waals surface area contributed by atoms with Gasteiger partial charge in [0.25, 0.3) is 0 Å². The summed E-state index contributed by atoms with van der Waals surface area (Å²) in [7, 11) is -2.86. The lowest BCUT2D eigenvalue weighted by molar-refractivity contribution is 0.558. The zero-order valence-corrected chi connectivity index (χ0v) is 12.6. The fourth-order valence-corrected chi connectivity index (χ4v) is 4.21.